The molecule has 1 heterocycles. The third kappa shape index (κ3) is 5.85. The van der Waals surface area contributed by atoms with Crippen LogP contribution in [0.4, 0.5) is 4.79 Å². The van der Waals surface area contributed by atoms with Gasteiger partial charge in [-0.3, -0.25) is 9.69 Å². The van der Waals surface area contributed by atoms with Crippen molar-refractivity contribution < 1.29 is 14.3 Å². The second kappa shape index (κ2) is 9.27. The minimum atomic E-state index is -0.465. The number of nitrogens with zero attached hydrogens (tertiary/aromatic N) is 2. The Hall–Kier alpha value is -2.08. The van der Waals surface area contributed by atoms with Crippen LogP contribution in [0.15, 0.2) is 24.3 Å². The second-order valence-electron chi connectivity index (χ2n) is 6.04. The van der Waals surface area contributed by atoms with E-state index in [0.29, 0.717) is 19.6 Å². The Morgan fingerprint density at radius 3 is 2.62 bits per heavy atom. The van der Waals surface area contributed by atoms with Gasteiger partial charge in [-0.25, -0.2) is 4.79 Å². The van der Waals surface area contributed by atoms with Crippen LogP contribution in [0.3, 0.4) is 0 Å². The molecule has 1 N–H and O–H groups in total. The van der Waals surface area contributed by atoms with E-state index in [1.807, 2.05) is 4.90 Å². The Labute approximate surface area is 143 Å². The van der Waals surface area contributed by atoms with Crippen LogP contribution in [0.1, 0.15) is 24.5 Å². The molecule has 1 aliphatic heterocycles. The van der Waals surface area contributed by atoms with Gasteiger partial charge < -0.3 is 15.0 Å². The van der Waals surface area contributed by atoms with E-state index in [1.54, 1.807) is 6.92 Å². The summed E-state index contributed by atoms with van der Waals surface area (Å²) in [4.78, 5) is 27.6. The van der Waals surface area contributed by atoms with Crippen molar-refractivity contribution >= 4 is 12.0 Å². The summed E-state index contributed by atoms with van der Waals surface area (Å²) in [6.07, 6.45) is -0.148. The Bertz CT molecular complexity index is 554. The van der Waals surface area contributed by atoms with Gasteiger partial charge in [0.25, 0.3) is 0 Å². The lowest BCUT2D eigenvalue weighted by atomic mass is 10.1. The molecule has 6 heteroatoms. The van der Waals surface area contributed by atoms with Gasteiger partial charge in [0.2, 0.25) is 5.91 Å². The molecule has 132 valence electrons. The van der Waals surface area contributed by atoms with Crippen molar-refractivity contribution in [3.8, 4) is 0 Å². The van der Waals surface area contributed by atoms with Gasteiger partial charge in [-0.1, -0.05) is 29.8 Å². The van der Waals surface area contributed by atoms with Gasteiger partial charge in [-0.2, -0.15) is 0 Å². The van der Waals surface area contributed by atoms with Crippen molar-refractivity contribution in [2.75, 3.05) is 39.3 Å². The van der Waals surface area contributed by atoms with Crippen LogP contribution in [0.5, 0.6) is 0 Å². The second-order valence-corrected chi connectivity index (χ2v) is 6.04. The summed E-state index contributed by atoms with van der Waals surface area (Å²) in [5.74, 6) is 0.0852. The van der Waals surface area contributed by atoms with Crippen LogP contribution < -0.4 is 5.32 Å². The quantitative estimate of drug-likeness (QED) is 0.862. The molecular weight excluding hydrogens is 306 g/mol. The summed E-state index contributed by atoms with van der Waals surface area (Å²) in [6.45, 7) is 8.67. The first kappa shape index (κ1) is 18.3. The molecule has 2 rings (SSSR count). The number of carbonyl (C=O) groups is 2. The maximum Gasteiger partial charge on any atom is 0.407 e. The Morgan fingerprint density at radius 2 is 1.96 bits per heavy atom. The molecule has 0 unspecified atom stereocenters. The fraction of sp³-hybridized carbons (Fsp3) is 0.556. The van der Waals surface area contributed by atoms with E-state index in [4.69, 9.17) is 4.74 Å². The molecule has 0 aromatic heterocycles. The highest BCUT2D eigenvalue weighted by Gasteiger charge is 2.20. The number of alkyl carbamates (subject to hydrolysis) is 1. The SMILES string of the molecule is CCOC(=O)NCCC(=O)N1CCN(Cc2cccc(C)c2)CC1. The lowest BCUT2D eigenvalue weighted by Gasteiger charge is -2.34. The monoisotopic (exact) mass is 333 g/mol. The average Bonchev–Trinajstić information content (AvgIpc) is 2.56. The minimum Gasteiger partial charge on any atom is -0.450 e. The molecule has 1 aliphatic rings. The average molecular weight is 333 g/mol. The fourth-order valence-corrected chi connectivity index (χ4v) is 2.84. The summed E-state index contributed by atoms with van der Waals surface area (Å²) in [5.41, 5.74) is 2.59. The molecule has 0 spiro atoms. The van der Waals surface area contributed by atoms with Crippen LogP contribution in [-0.2, 0) is 16.1 Å². The topological polar surface area (TPSA) is 61.9 Å². The Balaban J connectivity index is 1.68. The first-order valence-corrected chi connectivity index (χ1v) is 8.54. The van der Waals surface area contributed by atoms with E-state index < -0.39 is 6.09 Å². The van der Waals surface area contributed by atoms with Crippen molar-refractivity contribution in [3.63, 3.8) is 0 Å². The van der Waals surface area contributed by atoms with Crippen LogP contribution in [0.2, 0.25) is 0 Å². The number of rotatable bonds is 6. The van der Waals surface area contributed by atoms with Gasteiger partial charge in [-0.15, -0.1) is 0 Å². The Morgan fingerprint density at radius 1 is 1.21 bits per heavy atom. The van der Waals surface area contributed by atoms with E-state index in [-0.39, 0.29) is 5.91 Å². The van der Waals surface area contributed by atoms with E-state index >= 15 is 0 Å². The van der Waals surface area contributed by atoms with Crippen molar-refractivity contribution in [2.24, 2.45) is 0 Å². The zero-order chi connectivity index (χ0) is 17.4. The van der Waals surface area contributed by atoms with Gasteiger partial charge in [0, 0.05) is 45.7 Å². The molecule has 6 nitrogen and oxygen atoms in total. The lowest BCUT2D eigenvalue weighted by molar-refractivity contribution is -0.132. The molecule has 1 aromatic rings. The van der Waals surface area contributed by atoms with Crippen molar-refractivity contribution in [2.45, 2.75) is 26.8 Å². The lowest BCUT2D eigenvalue weighted by Crippen LogP contribution is -2.48. The number of benzene rings is 1. The number of amides is 2. The van der Waals surface area contributed by atoms with E-state index in [1.165, 1.54) is 11.1 Å². The highest BCUT2D eigenvalue weighted by Crippen LogP contribution is 2.11. The third-order valence-corrected chi connectivity index (χ3v) is 4.10. The van der Waals surface area contributed by atoms with Crippen LogP contribution >= 0.6 is 0 Å². The fourth-order valence-electron chi connectivity index (χ4n) is 2.84. The number of carbonyl (C=O) groups excluding carboxylic acids is 2. The normalized spacial score (nSPS) is 15.2. The number of aryl methyl sites for hydroxylation is 1. The summed E-state index contributed by atoms with van der Waals surface area (Å²) < 4.78 is 4.77. The maximum atomic E-state index is 12.2. The first-order chi connectivity index (χ1) is 11.6. The predicted molar refractivity (Wildman–Crippen MR) is 92.7 cm³/mol. The third-order valence-electron chi connectivity index (χ3n) is 4.10. The number of hydrogen-bond donors (Lipinski definition) is 1. The minimum absolute atomic E-state index is 0.0852. The largest absolute Gasteiger partial charge is 0.450 e. The van der Waals surface area contributed by atoms with Crippen LogP contribution in [0, 0.1) is 6.92 Å². The highest BCUT2D eigenvalue weighted by molar-refractivity contribution is 5.77. The van der Waals surface area contributed by atoms with Crippen molar-refractivity contribution in [3.05, 3.63) is 35.4 Å². The summed E-state index contributed by atoms with van der Waals surface area (Å²) in [5, 5.41) is 2.58. The Kier molecular flexibility index (Phi) is 7.06. The van der Waals surface area contributed by atoms with E-state index in [9.17, 15) is 9.59 Å². The van der Waals surface area contributed by atoms with Crippen LogP contribution in [-0.4, -0.2) is 61.1 Å². The predicted octanol–water partition coefficient (Wildman–Crippen LogP) is 1.78. The molecule has 1 saturated heterocycles. The van der Waals surface area contributed by atoms with Gasteiger partial charge >= 0.3 is 6.09 Å². The van der Waals surface area contributed by atoms with E-state index in [0.717, 1.165) is 32.7 Å². The van der Waals surface area contributed by atoms with Gasteiger partial charge in [-0.05, 0) is 19.4 Å². The maximum absolute atomic E-state index is 12.2. The molecule has 24 heavy (non-hydrogen) atoms. The highest BCUT2D eigenvalue weighted by atomic mass is 16.5. The summed E-state index contributed by atoms with van der Waals surface area (Å²) >= 11 is 0. The van der Waals surface area contributed by atoms with Crippen molar-refractivity contribution in [1.82, 2.24) is 15.1 Å². The number of piperazine rings is 1. The molecule has 1 fully saturated rings. The molecule has 1 aromatic carbocycles. The molecule has 0 atom stereocenters. The molecule has 0 bridgehead atoms. The number of nitrogens with one attached hydrogen (secondary N) is 1. The smallest absolute Gasteiger partial charge is 0.407 e. The molecule has 0 saturated carbocycles. The zero-order valence-electron chi connectivity index (χ0n) is 14.6. The van der Waals surface area contributed by atoms with Crippen molar-refractivity contribution in [1.29, 1.82) is 0 Å². The summed E-state index contributed by atoms with van der Waals surface area (Å²) in [6, 6.07) is 8.54. The van der Waals surface area contributed by atoms with Gasteiger partial charge in [0.05, 0.1) is 6.61 Å². The summed E-state index contributed by atoms with van der Waals surface area (Å²) in [7, 11) is 0. The van der Waals surface area contributed by atoms with E-state index in [2.05, 4.69) is 41.4 Å². The molecule has 0 aliphatic carbocycles. The molecular formula is C18H27N3O3. The zero-order valence-corrected chi connectivity index (χ0v) is 14.6. The first-order valence-electron chi connectivity index (χ1n) is 8.54. The van der Waals surface area contributed by atoms with Crippen LogP contribution in [0.25, 0.3) is 0 Å². The number of hydrogen-bond acceptors (Lipinski definition) is 4. The number of ether oxygens (including phenoxy) is 1. The van der Waals surface area contributed by atoms with Gasteiger partial charge in [0.15, 0.2) is 0 Å². The molecule has 0 radical (unpaired) electrons. The molecule has 2 amide bonds. The van der Waals surface area contributed by atoms with Gasteiger partial charge in [0.1, 0.15) is 0 Å². The standard InChI is InChI=1S/C18H27N3O3/c1-3-24-18(23)19-8-7-17(22)21-11-9-20(10-12-21)14-16-6-4-5-15(2)13-16/h4-6,13H,3,7-12,14H2,1-2H3,(H,19,23).